The zero-order chi connectivity index (χ0) is 16.8. The first-order valence-electron chi connectivity index (χ1n) is 8.82. The summed E-state index contributed by atoms with van der Waals surface area (Å²) in [6, 6.07) is 9.97. The van der Waals surface area contributed by atoms with Gasteiger partial charge < -0.3 is 15.0 Å². The molecule has 0 spiro atoms. The van der Waals surface area contributed by atoms with Gasteiger partial charge in [0, 0.05) is 19.2 Å². The summed E-state index contributed by atoms with van der Waals surface area (Å²) in [7, 11) is 0. The number of ether oxygens (including phenoxy) is 1. The number of anilines is 3. The molecule has 2 aromatic rings. The van der Waals surface area contributed by atoms with E-state index in [4.69, 9.17) is 4.74 Å². The normalized spacial score (nSPS) is 15.2. The number of nitrogens with zero attached hydrogens (tertiary/aromatic N) is 3. The standard InChI is InChI=1S/C19H26N4O/c1-15(2)24-17-10-6-5-9-16(17)22-18-13-19(21-14-20-18)23-11-7-3-4-8-12-23/h5-6,9-10,13-15H,3-4,7-8,11-12H2,1-2H3,(H,20,21,22). The van der Waals surface area contributed by atoms with E-state index in [-0.39, 0.29) is 6.10 Å². The number of para-hydroxylation sites is 2. The molecule has 0 unspecified atom stereocenters. The molecule has 0 bridgehead atoms. The van der Waals surface area contributed by atoms with Crippen molar-refractivity contribution in [2.24, 2.45) is 0 Å². The molecule has 1 aromatic carbocycles. The van der Waals surface area contributed by atoms with Gasteiger partial charge in [-0.3, -0.25) is 0 Å². The fraction of sp³-hybridized carbons (Fsp3) is 0.474. The van der Waals surface area contributed by atoms with Gasteiger partial charge in [0.2, 0.25) is 0 Å². The molecule has 0 radical (unpaired) electrons. The second kappa shape index (κ2) is 7.99. The van der Waals surface area contributed by atoms with Crippen LogP contribution < -0.4 is 15.0 Å². The summed E-state index contributed by atoms with van der Waals surface area (Å²) in [5, 5.41) is 3.37. The summed E-state index contributed by atoms with van der Waals surface area (Å²) in [4.78, 5) is 11.2. The highest BCUT2D eigenvalue weighted by Gasteiger charge is 2.12. The van der Waals surface area contributed by atoms with Crippen LogP contribution in [0, 0.1) is 0 Å². The number of hydrogen-bond donors (Lipinski definition) is 1. The van der Waals surface area contributed by atoms with Crippen molar-refractivity contribution in [2.45, 2.75) is 45.6 Å². The SMILES string of the molecule is CC(C)Oc1ccccc1Nc1cc(N2CCCCCC2)ncn1. The molecule has 0 amide bonds. The van der Waals surface area contributed by atoms with E-state index < -0.39 is 0 Å². The van der Waals surface area contributed by atoms with Gasteiger partial charge in [-0.15, -0.1) is 0 Å². The molecule has 2 heterocycles. The predicted molar refractivity (Wildman–Crippen MR) is 98.2 cm³/mol. The maximum absolute atomic E-state index is 5.86. The molecule has 5 heteroatoms. The highest BCUT2D eigenvalue weighted by molar-refractivity contribution is 5.65. The Kier molecular flexibility index (Phi) is 5.51. The van der Waals surface area contributed by atoms with E-state index in [1.807, 2.05) is 44.2 Å². The molecule has 0 saturated carbocycles. The maximum atomic E-state index is 5.86. The molecule has 0 atom stereocenters. The number of hydrogen-bond acceptors (Lipinski definition) is 5. The lowest BCUT2D eigenvalue weighted by Crippen LogP contribution is -2.25. The first-order chi connectivity index (χ1) is 11.7. The molecule has 1 N–H and O–H groups in total. The van der Waals surface area contributed by atoms with Crippen LogP contribution in [0.1, 0.15) is 39.5 Å². The van der Waals surface area contributed by atoms with Crippen LogP contribution in [0.15, 0.2) is 36.7 Å². The molecular formula is C19H26N4O. The van der Waals surface area contributed by atoms with Gasteiger partial charge in [0.15, 0.2) is 0 Å². The van der Waals surface area contributed by atoms with Gasteiger partial charge in [-0.25, -0.2) is 9.97 Å². The third-order valence-electron chi connectivity index (χ3n) is 4.10. The minimum Gasteiger partial charge on any atom is -0.489 e. The van der Waals surface area contributed by atoms with Crippen LogP contribution in [-0.2, 0) is 0 Å². The quantitative estimate of drug-likeness (QED) is 0.883. The summed E-state index contributed by atoms with van der Waals surface area (Å²) in [6.07, 6.45) is 6.86. The van der Waals surface area contributed by atoms with Crippen molar-refractivity contribution in [3.63, 3.8) is 0 Å². The van der Waals surface area contributed by atoms with Crippen LogP contribution in [0.25, 0.3) is 0 Å². The molecule has 1 saturated heterocycles. The highest BCUT2D eigenvalue weighted by Crippen LogP contribution is 2.28. The van der Waals surface area contributed by atoms with Crippen LogP contribution in [0.2, 0.25) is 0 Å². The average molecular weight is 326 g/mol. The molecule has 128 valence electrons. The van der Waals surface area contributed by atoms with Gasteiger partial charge in [-0.1, -0.05) is 25.0 Å². The Morgan fingerprint density at radius 3 is 2.54 bits per heavy atom. The molecule has 1 aromatic heterocycles. The molecule has 5 nitrogen and oxygen atoms in total. The second-order valence-electron chi connectivity index (χ2n) is 6.45. The fourth-order valence-corrected chi connectivity index (χ4v) is 2.95. The summed E-state index contributed by atoms with van der Waals surface area (Å²) in [6.45, 7) is 6.20. The van der Waals surface area contributed by atoms with Crippen molar-refractivity contribution in [1.29, 1.82) is 0 Å². The van der Waals surface area contributed by atoms with Crippen LogP contribution in [-0.4, -0.2) is 29.2 Å². The lowest BCUT2D eigenvalue weighted by molar-refractivity contribution is 0.244. The molecule has 1 aliphatic heterocycles. The minimum absolute atomic E-state index is 0.131. The van der Waals surface area contributed by atoms with Gasteiger partial charge in [-0.05, 0) is 38.8 Å². The topological polar surface area (TPSA) is 50.3 Å². The van der Waals surface area contributed by atoms with E-state index >= 15 is 0 Å². The third-order valence-corrected chi connectivity index (χ3v) is 4.10. The minimum atomic E-state index is 0.131. The third kappa shape index (κ3) is 4.37. The van der Waals surface area contributed by atoms with E-state index in [2.05, 4.69) is 20.2 Å². The van der Waals surface area contributed by atoms with E-state index in [0.717, 1.165) is 36.2 Å². The summed E-state index contributed by atoms with van der Waals surface area (Å²) < 4.78 is 5.86. The van der Waals surface area contributed by atoms with E-state index in [1.54, 1.807) is 6.33 Å². The van der Waals surface area contributed by atoms with Gasteiger partial charge in [0.1, 0.15) is 23.7 Å². The number of aromatic nitrogens is 2. The molecule has 1 fully saturated rings. The second-order valence-corrected chi connectivity index (χ2v) is 6.45. The summed E-state index contributed by atoms with van der Waals surface area (Å²) >= 11 is 0. The van der Waals surface area contributed by atoms with Gasteiger partial charge in [0.25, 0.3) is 0 Å². The molecule has 3 rings (SSSR count). The largest absolute Gasteiger partial charge is 0.489 e. The summed E-state index contributed by atoms with van der Waals surface area (Å²) in [5.74, 6) is 2.63. The smallest absolute Gasteiger partial charge is 0.143 e. The van der Waals surface area contributed by atoms with Crippen LogP contribution in [0.3, 0.4) is 0 Å². The van der Waals surface area contributed by atoms with Gasteiger partial charge in [-0.2, -0.15) is 0 Å². The maximum Gasteiger partial charge on any atom is 0.143 e. The van der Waals surface area contributed by atoms with Crippen molar-refractivity contribution in [3.05, 3.63) is 36.7 Å². The van der Waals surface area contributed by atoms with E-state index in [0.29, 0.717) is 0 Å². The van der Waals surface area contributed by atoms with Crippen LogP contribution in [0.5, 0.6) is 5.75 Å². The first kappa shape index (κ1) is 16.6. The van der Waals surface area contributed by atoms with Crippen LogP contribution in [0.4, 0.5) is 17.3 Å². The number of benzene rings is 1. The van der Waals surface area contributed by atoms with Crippen molar-refractivity contribution in [1.82, 2.24) is 9.97 Å². The number of rotatable bonds is 5. The summed E-state index contributed by atoms with van der Waals surface area (Å²) in [5.41, 5.74) is 0.923. The van der Waals surface area contributed by atoms with Gasteiger partial charge >= 0.3 is 0 Å². The monoisotopic (exact) mass is 326 g/mol. The lowest BCUT2D eigenvalue weighted by Gasteiger charge is -2.22. The Hall–Kier alpha value is -2.30. The number of nitrogens with one attached hydrogen (secondary N) is 1. The zero-order valence-corrected chi connectivity index (χ0v) is 14.5. The molecule has 0 aliphatic carbocycles. The Labute approximate surface area is 144 Å². The molecule has 1 aliphatic rings. The Balaban J connectivity index is 1.77. The van der Waals surface area contributed by atoms with Crippen LogP contribution >= 0.6 is 0 Å². The Morgan fingerprint density at radius 1 is 1.04 bits per heavy atom. The molecule has 24 heavy (non-hydrogen) atoms. The van der Waals surface area contributed by atoms with Gasteiger partial charge in [0.05, 0.1) is 11.8 Å². The average Bonchev–Trinajstić information content (AvgIpc) is 2.86. The van der Waals surface area contributed by atoms with E-state index in [9.17, 15) is 0 Å². The van der Waals surface area contributed by atoms with Crippen molar-refractivity contribution < 1.29 is 4.74 Å². The Bertz CT molecular complexity index is 651. The van der Waals surface area contributed by atoms with E-state index in [1.165, 1.54) is 25.7 Å². The Morgan fingerprint density at radius 2 is 1.79 bits per heavy atom. The van der Waals surface area contributed by atoms with Crippen molar-refractivity contribution >= 4 is 17.3 Å². The zero-order valence-electron chi connectivity index (χ0n) is 14.5. The van der Waals surface area contributed by atoms with Crippen molar-refractivity contribution in [3.8, 4) is 5.75 Å². The predicted octanol–water partition coefficient (Wildman–Crippen LogP) is 4.39. The van der Waals surface area contributed by atoms with Crippen molar-refractivity contribution in [2.75, 3.05) is 23.3 Å². The fourth-order valence-electron chi connectivity index (χ4n) is 2.95. The highest BCUT2D eigenvalue weighted by atomic mass is 16.5. The molecular weight excluding hydrogens is 300 g/mol. The first-order valence-corrected chi connectivity index (χ1v) is 8.82. The lowest BCUT2D eigenvalue weighted by atomic mass is 10.2.